The fourth-order valence-electron chi connectivity index (χ4n) is 5.85. The Morgan fingerprint density at radius 2 is 1.07 bits per heavy atom. The Morgan fingerprint density at radius 1 is 0.636 bits per heavy atom. The Labute approximate surface area is 336 Å². The third kappa shape index (κ3) is 9.38. The van der Waals surface area contributed by atoms with Crippen LogP contribution in [-0.2, 0) is 33.1 Å². The number of rotatable bonds is 11. The highest BCUT2D eigenvalue weighted by molar-refractivity contribution is 7.89. The number of nitrogens with zero attached hydrogens (tertiary/aromatic N) is 5. The number of benzene rings is 4. The van der Waals surface area contributed by atoms with Gasteiger partial charge in [0.25, 0.3) is 0 Å². The summed E-state index contributed by atoms with van der Waals surface area (Å²) in [5.41, 5.74) is 15.0. The van der Waals surface area contributed by atoms with Gasteiger partial charge in [0.2, 0.25) is 20.0 Å². The standard InChI is InChI=1S/C20H22ClN5O2S.C19H18Cl2N2O2S/c1-3-26(12-14-7-5-4-6-13(14)2)29(27,28)15-8-9-16-17(10-15)19(25-20(22)23)24-11-18(16)21;1-3-23(12-14-7-5-4-6-13(14)2)26(24,25)15-8-9-16-17(10-15)19(21)22-11-18(16)20/h4-11H,3,12H2,1-2H3,(H4,22,23,24,25);4-11H,3,12H2,1-2H3. The maximum atomic E-state index is 13.3. The fraction of sp³-hybridized carbons (Fsp3) is 0.205. The summed E-state index contributed by atoms with van der Waals surface area (Å²) >= 11 is 18.5. The van der Waals surface area contributed by atoms with Gasteiger partial charge in [-0.25, -0.2) is 26.8 Å². The van der Waals surface area contributed by atoms with Crippen LogP contribution in [0.4, 0.5) is 5.82 Å². The van der Waals surface area contributed by atoms with Crippen molar-refractivity contribution < 1.29 is 16.8 Å². The first-order valence-corrected chi connectivity index (χ1v) is 21.1. The highest BCUT2D eigenvalue weighted by Gasteiger charge is 2.26. The molecule has 0 atom stereocenters. The van der Waals surface area contributed by atoms with E-state index in [1.54, 1.807) is 25.1 Å². The van der Waals surface area contributed by atoms with Gasteiger partial charge in [0.15, 0.2) is 11.8 Å². The molecule has 288 valence electrons. The SMILES string of the molecule is CCN(Cc1ccccc1C)S(=O)(=O)c1ccc2c(Cl)cnc(Cl)c2c1.CCN(Cc1ccccc1C)S(=O)(=O)c1ccc2c(Cl)cnc(N=C(N)N)c2c1. The van der Waals surface area contributed by atoms with Crippen LogP contribution in [-0.4, -0.2) is 54.5 Å². The topological polar surface area (TPSA) is 165 Å². The van der Waals surface area contributed by atoms with E-state index in [0.29, 0.717) is 51.2 Å². The molecule has 0 saturated carbocycles. The molecule has 16 heteroatoms. The number of aliphatic imine (C=N–C) groups is 1. The van der Waals surface area contributed by atoms with Crippen LogP contribution in [0.15, 0.2) is 112 Å². The molecule has 0 fully saturated rings. The summed E-state index contributed by atoms with van der Waals surface area (Å²) in [5, 5.41) is 3.30. The zero-order chi connectivity index (χ0) is 40.1. The number of fused-ring (bicyclic) bond motifs is 2. The predicted octanol–water partition coefficient (Wildman–Crippen LogP) is 8.37. The van der Waals surface area contributed by atoms with Crippen molar-refractivity contribution >= 4 is 88.2 Å². The van der Waals surface area contributed by atoms with Crippen LogP contribution in [0.2, 0.25) is 15.2 Å². The second kappa shape index (κ2) is 17.6. The van der Waals surface area contributed by atoms with Gasteiger partial charge in [-0.15, -0.1) is 0 Å². The Morgan fingerprint density at radius 3 is 1.53 bits per heavy atom. The molecule has 2 aromatic heterocycles. The van der Waals surface area contributed by atoms with Crippen LogP contribution >= 0.6 is 34.8 Å². The molecule has 11 nitrogen and oxygen atoms in total. The van der Waals surface area contributed by atoms with Crippen molar-refractivity contribution in [3.63, 3.8) is 0 Å². The molecule has 6 aromatic rings. The second-order valence-corrected chi connectivity index (χ2v) is 17.5. The molecule has 0 unspecified atom stereocenters. The fourth-order valence-corrected chi connectivity index (χ4v) is 9.39. The van der Waals surface area contributed by atoms with Crippen molar-refractivity contribution in [2.24, 2.45) is 16.5 Å². The monoisotopic (exact) mass is 839 g/mol. The summed E-state index contributed by atoms with van der Waals surface area (Å²) in [6.07, 6.45) is 2.88. The quantitative estimate of drug-likeness (QED) is 0.0746. The predicted molar refractivity (Wildman–Crippen MR) is 223 cm³/mol. The lowest BCUT2D eigenvalue weighted by atomic mass is 10.1. The summed E-state index contributed by atoms with van der Waals surface area (Å²) in [5.74, 6) is 0.0347. The molecule has 6 rings (SSSR count). The van der Waals surface area contributed by atoms with Gasteiger partial charge in [0.1, 0.15) is 5.15 Å². The van der Waals surface area contributed by atoms with Crippen LogP contribution in [0.25, 0.3) is 21.5 Å². The summed E-state index contributed by atoms with van der Waals surface area (Å²) in [7, 11) is -7.45. The molecule has 0 amide bonds. The normalized spacial score (nSPS) is 11.9. The minimum Gasteiger partial charge on any atom is -0.370 e. The molecule has 0 aliphatic heterocycles. The Hall–Kier alpha value is -4.34. The lowest BCUT2D eigenvalue weighted by Gasteiger charge is -2.22. The molecule has 4 N–H and O–H groups in total. The maximum absolute atomic E-state index is 13.3. The van der Waals surface area contributed by atoms with Gasteiger partial charge in [0, 0.05) is 60.1 Å². The summed E-state index contributed by atoms with van der Waals surface area (Å²) in [4.78, 5) is 12.4. The van der Waals surface area contributed by atoms with Gasteiger partial charge in [-0.3, -0.25) is 0 Å². The molecule has 0 aliphatic rings. The van der Waals surface area contributed by atoms with E-state index in [1.807, 2.05) is 69.3 Å². The van der Waals surface area contributed by atoms with Gasteiger partial charge in [-0.2, -0.15) is 13.6 Å². The largest absolute Gasteiger partial charge is 0.370 e. The maximum Gasteiger partial charge on any atom is 0.243 e. The van der Waals surface area contributed by atoms with Crippen molar-refractivity contribution in [1.82, 2.24) is 18.6 Å². The van der Waals surface area contributed by atoms with Crippen LogP contribution in [0.5, 0.6) is 0 Å². The zero-order valence-corrected chi connectivity index (χ0v) is 34.4. The first kappa shape index (κ1) is 41.8. The number of pyridine rings is 2. The zero-order valence-electron chi connectivity index (χ0n) is 30.5. The lowest BCUT2D eigenvalue weighted by Crippen LogP contribution is -2.30. The number of guanidine groups is 1. The third-order valence-corrected chi connectivity index (χ3v) is 13.7. The molecule has 0 aliphatic carbocycles. The highest BCUT2D eigenvalue weighted by atomic mass is 35.5. The van der Waals surface area contributed by atoms with Crippen molar-refractivity contribution in [2.45, 2.75) is 50.6 Å². The number of hydrogen-bond acceptors (Lipinski definition) is 7. The van der Waals surface area contributed by atoms with E-state index < -0.39 is 20.0 Å². The average Bonchev–Trinajstić information content (AvgIpc) is 3.16. The molecule has 2 heterocycles. The summed E-state index contributed by atoms with van der Waals surface area (Å²) in [6.45, 7) is 8.82. The minimum atomic E-state index is -3.76. The van der Waals surface area contributed by atoms with Gasteiger partial charge in [0.05, 0.1) is 19.8 Å². The van der Waals surface area contributed by atoms with E-state index in [9.17, 15) is 16.8 Å². The summed E-state index contributed by atoms with van der Waals surface area (Å²) in [6, 6.07) is 24.9. The number of aryl methyl sites for hydroxylation is 2. The van der Waals surface area contributed by atoms with Crippen molar-refractivity contribution in [1.29, 1.82) is 0 Å². The first-order chi connectivity index (χ1) is 26.1. The summed E-state index contributed by atoms with van der Waals surface area (Å²) < 4.78 is 55.8. The van der Waals surface area contributed by atoms with Crippen LogP contribution in [0.1, 0.15) is 36.1 Å². The molecule has 0 saturated heterocycles. The molecular weight excluding hydrogens is 801 g/mol. The van der Waals surface area contributed by atoms with E-state index in [4.69, 9.17) is 46.3 Å². The van der Waals surface area contributed by atoms with E-state index in [-0.39, 0.29) is 33.3 Å². The lowest BCUT2D eigenvalue weighted by molar-refractivity contribution is 0.422. The Balaban J connectivity index is 0.000000212. The number of sulfonamides is 2. The average molecular weight is 841 g/mol. The van der Waals surface area contributed by atoms with E-state index in [1.165, 1.54) is 39.2 Å². The van der Waals surface area contributed by atoms with Gasteiger partial charge in [-0.1, -0.05) is 109 Å². The van der Waals surface area contributed by atoms with Crippen molar-refractivity contribution in [3.8, 4) is 0 Å². The number of halogens is 3. The Kier molecular flexibility index (Phi) is 13.4. The van der Waals surface area contributed by atoms with Crippen LogP contribution in [0, 0.1) is 13.8 Å². The van der Waals surface area contributed by atoms with Crippen LogP contribution < -0.4 is 11.5 Å². The Bertz CT molecular complexity index is 2620. The van der Waals surface area contributed by atoms with Gasteiger partial charge >= 0.3 is 0 Å². The van der Waals surface area contributed by atoms with Gasteiger partial charge < -0.3 is 11.5 Å². The molecule has 4 aromatic carbocycles. The molecule has 55 heavy (non-hydrogen) atoms. The van der Waals surface area contributed by atoms with Gasteiger partial charge in [-0.05, 0) is 60.4 Å². The highest BCUT2D eigenvalue weighted by Crippen LogP contribution is 2.33. The third-order valence-electron chi connectivity index (χ3n) is 8.98. The number of aromatic nitrogens is 2. The second-order valence-electron chi connectivity index (χ2n) is 12.5. The minimum absolute atomic E-state index is 0.122. The van der Waals surface area contributed by atoms with E-state index in [0.717, 1.165) is 22.3 Å². The van der Waals surface area contributed by atoms with Crippen molar-refractivity contribution in [2.75, 3.05) is 13.1 Å². The number of nitrogens with two attached hydrogens (primary N) is 2. The first-order valence-electron chi connectivity index (χ1n) is 17.1. The van der Waals surface area contributed by atoms with E-state index in [2.05, 4.69) is 15.0 Å². The molecule has 0 spiro atoms. The number of hydrogen-bond donors (Lipinski definition) is 2. The molecular formula is C39H40Cl3N7O4S2. The smallest absolute Gasteiger partial charge is 0.243 e. The van der Waals surface area contributed by atoms with E-state index >= 15 is 0 Å². The van der Waals surface area contributed by atoms with Crippen molar-refractivity contribution in [3.05, 3.63) is 135 Å². The molecule has 0 bridgehead atoms. The molecule has 0 radical (unpaired) electrons. The van der Waals surface area contributed by atoms with Crippen LogP contribution in [0.3, 0.4) is 0 Å².